The predicted octanol–water partition coefficient (Wildman–Crippen LogP) is 3.51. The standard InChI is InChI=1S/C30H40N4O2/c1-21-8-7-9-22(2)28(21)30(36)34-19-25-17-33(18-26(25)20-34)15-13-27(23-10-5-4-6-11-23)31-29(35)24-12-14-32(3)16-24/h4-11,24-27H,12-20H2,1-3H3,(H,31,35)/t24?,25?,26?,27-/m0/s1. The number of nitrogens with zero attached hydrogens (tertiary/aromatic N) is 3. The SMILES string of the molecule is Cc1cccc(C)c1C(=O)N1CC2CN(CC[C@H](NC(=O)C3CCN(C)C3)c3ccccc3)CC2C1. The van der Waals surface area contributed by atoms with Crippen molar-refractivity contribution in [2.45, 2.75) is 32.7 Å². The molecule has 3 aliphatic rings. The number of fused-ring (bicyclic) bond motifs is 1. The van der Waals surface area contributed by atoms with E-state index in [-0.39, 0.29) is 23.8 Å². The summed E-state index contributed by atoms with van der Waals surface area (Å²) in [4.78, 5) is 33.1. The van der Waals surface area contributed by atoms with Gasteiger partial charge in [-0.15, -0.1) is 0 Å². The smallest absolute Gasteiger partial charge is 0.254 e. The minimum absolute atomic E-state index is 0.0344. The third-order valence-corrected chi connectivity index (χ3v) is 8.56. The number of rotatable bonds is 7. The Morgan fingerprint density at radius 3 is 2.19 bits per heavy atom. The third-order valence-electron chi connectivity index (χ3n) is 8.56. The van der Waals surface area contributed by atoms with Crippen LogP contribution in [0.5, 0.6) is 0 Å². The van der Waals surface area contributed by atoms with E-state index in [0.717, 1.165) is 75.3 Å². The first-order valence-corrected chi connectivity index (χ1v) is 13.5. The average Bonchev–Trinajstić information content (AvgIpc) is 3.57. The highest BCUT2D eigenvalue weighted by atomic mass is 16.2. The summed E-state index contributed by atoms with van der Waals surface area (Å²) >= 11 is 0. The van der Waals surface area contributed by atoms with Gasteiger partial charge in [-0.3, -0.25) is 9.59 Å². The van der Waals surface area contributed by atoms with Gasteiger partial charge >= 0.3 is 0 Å². The molecule has 2 aromatic carbocycles. The topological polar surface area (TPSA) is 55.9 Å². The monoisotopic (exact) mass is 488 g/mol. The van der Waals surface area contributed by atoms with Crippen molar-refractivity contribution in [2.24, 2.45) is 17.8 Å². The molecule has 0 saturated carbocycles. The molecule has 3 unspecified atom stereocenters. The van der Waals surface area contributed by atoms with Crippen LogP contribution in [-0.2, 0) is 4.79 Å². The lowest BCUT2D eigenvalue weighted by Crippen LogP contribution is -2.37. The Hall–Kier alpha value is -2.70. The second-order valence-electron chi connectivity index (χ2n) is 11.3. The van der Waals surface area contributed by atoms with E-state index in [1.54, 1.807) is 0 Å². The van der Waals surface area contributed by atoms with Gasteiger partial charge in [0.05, 0.1) is 12.0 Å². The Labute approximate surface area is 215 Å². The maximum Gasteiger partial charge on any atom is 0.254 e. The number of benzene rings is 2. The van der Waals surface area contributed by atoms with Crippen LogP contribution in [0.2, 0.25) is 0 Å². The molecule has 36 heavy (non-hydrogen) atoms. The van der Waals surface area contributed by atoms with E-state index in [2.05, 4.69) is 51.3 Å². The summed E-state index contributed by atoms with van der Waals surface area (Å²) in [7, 11) is 2.09. The molecule has 0 bridgehead atoms. The summed E-state index contributed by atoms with van der Waals surface area (Å²) in [5.41, 5.74) is 4.19. The number of nitrogens with one attached hydrogen (secondary N) is 1. The van der Waals surface area contributed by atoms with Gasteiger partial charge in [-0.05, 0) is 68.8 Å². The van der Waals surface area contributed by atoms with Crippen LogP contribution < -0.4 is 5.32 Å². The second kappa shape index (κ2) is 10.7. The minimum Gasteiger partial charge on any atom is -0.349 e. The van der Waals surface area contributed by atoms with Crippen molar-refractivity contribution in [1.82, 2.24) is 20.0 Å². The Morgan fingerprint density at radius 1 is 0.917 bits per heavy atom. The molecule has 3 aliphatic heterocycles. The van der Waals surface area contributed by atoms with Gasteiger partial charge in [-0.2, -0.15) is 0 Å². The van der Waals surface area contributed by atoms with Crippen LogP contribution in [0.4, 0.5) is 0 Å². The molecule has 192 valence electrons. The predicted molar refractivity (Wildman–Crippen MR) is 143 cm³/mol. The van der Waals surface area contributed by atoms with Crippen LogP contribution in [0.3, 0.4) is 0 Å². The van der Waals surface area contributed by atoms with Crippen LogP contribution in [0.25, 0.3) is 0 Å². The van der Waals surface area contributed by atoms with Gasteiger partial charge in [0.2, 0.25) is 5.91 Å². The third kappa shape index (κ3) is 5.35. The lowest BCUT2D eigenvalue weighted by molar-refractivity contribution is -0.125. The maximum absolute atomic E-state index is 13.3. The van der Waals surface area contributed by atoms with Crippen molar-refractivity contribution in [3.8, 4) is 0 Å². The number of hydrogen-bond acceptors (Lipinski definition) is 4. The number of carbonyl (C=O) groups is 2. The molecule has 0 radical (unpaired) electrons. The van der Waals surface area contributed by atoms with E-state index in [9.17, 15) is 9.59 Å². The fourth-order valence-corrected chi connectivity index (χ4v) is 6.51. The summed E-state index contributed by atoms with van der Waals surface area (Å²) in [5, 5.41) is 3.38. The zero-order chi connectivity index (χ0) is 25.2. The number of aryl methyl sites for hydroxylation is 2. The second-order valence-corrected chi connectivity index (χ2v) is 11.3. The van der Waals surface area contributed by atoms with Crippen LogP contribution in [0.15, 0.2) is 48.5 Å². The Balaban J connectivity index is 1.17. The van der Waals surface area contributed by atoms with Crippen LogP contribution in [0.1, 0.15) is 45.9 Å². The molecule has 3 saturated heterocycles. The first-order chi connectivity index (χ1) is 17.4. The van der Waals surface area contributed by atoms with Crippen molar-refractivity contribution < 1.29 is 9.59 Å². The lowest BCUT2D eigenvalue weighted by atomic mass is 10.0. The van der Waals surface area contributed by atoms with Crippen LogP contribution in [0, 0.1) is 31.6 Å². The molecule has 4 atom stereocenters. The molecule has 0 spiro atoms. The van der Waals surface area contributed by atoms with Gasteiger partial charge in [0.1, 0.15) is 0 Å². The van der Waals surface area contributed by atoms with E-state index < -0.39 is 0 Å². The van der Waals surface area contributed by atoms with Crippen LogP contribution >= 0.6 is 0 Å². The zero-order valence-corrected chi connectivity index (χ0v) is 22.0. The Kier molecular flexibility index (Phi) is 7.44. The molecule has 1 N–H and O–H groups in total. The molecule has 2 amide bonds. The molecular weight excluding hydrogens is 448 g/mol. The molecule has 2 aromatic rings. The fourth-order valence-electron chi connectivity index (χ4n) is 6.51. The van der Waals surface area contributed by atoms with Crippen molar-refractivity contribution in [3.05, 3.63) is 70.8 Å². The molecule has 3 fully saturated rings. The van der Waals surface area contributed by atoms with Gasteiger partial charge in [-0.25, -0.2) is 0 Å². The quantitative estimate of drug-likeness (QED) is 0.648. The Morgan fingerprint density at radius 2 is 1.58 bits per heavy atom. The van der Waals surface area contributed by atoms with Gasteiger partial charge < -0.3 is 20.0 Å². The van der Waals surface area contributed by atoms with E-state index in [4.69, 9.17) is 0 Å². The first kappa shape index (κ1) is 25.0. The molecule has 0 aliphatic carbocycles. The zero-order valence-electron chi connectivity index (χ0n) is 22.0. The molecule has 3 heterocycles. The van der Waals surface area contributed by atoms with Crippen LogP contribution in [-0.4, -0.2) is 79.4 Å². The van der Waals surface area contributed by atoms with Gasteiger partial charge in [0, 0.05) is 44.8 Å². The highest BCUT2D eigenvalue weighted by Crippen LogP contribution is 2.33. The number of hydrogen-bond donors (Lipinski definition) is 1. The van der Waals surface area contributed by atoms with Crippen molar-refractivity contribution >= 4 is 11.8 Å². The van der Waals surface area contributed by atoms with Gasteiger partial charge in [-0.1, -0.05) is 48.5 Å². The van der Waals surface area contributed by atoms with Crippen molar-refractivity contribution in [3.63, 3.8) is 0 Å². The fraction of sp³-hybridized carbons (Fsp3) is 0.533. The van der Waals surface area contributed by atoms with E-state index in [1.807, 2.05) is 38.1 Å². The van der Waals surface area contributed by atoms with Crippen molar-refractivity contribution in [2.75, 3.05) is 52.9 Å². The van der Waals surface area contributed by atoms with Crippen molar-refractivity contribution in [1.29, 1.82) is 0 Å². The summed E-state index contributed by atoms with van der Waals surface area (Å²) < 4.78 is 0. The summed E-state index contributed by atoms with van der Waals surface area (Å²) in [6, 6.07) is 16.5. The number of amides is 2. The summed E-state index contributed by atoms with van der Waals surface area (Å²) in [5.74, 6) is 1.55. The van der Waals surface area contributed by atoms with Gasteiger partial charge in [0.15, 0.2) is 0 Å². The molecule has 0 aromatic heterocycles. The largest absolute Gasteiger partial charge is 0.349 e. The molecule has 6 nitrogen and oxygen atoms in total. The average molecular weight is 489 g/mol. The summed E-state index contributed by atoms with van der Waals surface area (Å²) in [6.07, 6.45) is 1.85. The minimum atomic E-state index is 0.0344. The highest BCUT2D eigenvalue weighted by Gasteiger charge is 2.42. The Bertz CT molecular complexity index is 1050. The maximum atomic E-state index is 13.3. The van der Waals surface area contributed by atoms with Gasteiger partial charge in [0.25, 0.3) is 5.91 Å². The lowest BCUT2D eigenvalue weighted by Gasteiger charge is -2.26. The first-order valence-electron chi connectivity index (χ1n) is 13.5. The normalized spacial score (nSPS) is 25.2. The highest BCUT2D eigenvalue weighted by molar-refractivity contribution is 5.97. The summed E-state index contributed by atoms with van der Waals surface area (Å²) in [6.45, 7) is 10.6. The number of carbonyl (C=O) groups excluding carboxylic acids is 2. The van der Waals surface area contributed by atoms with E-state index in [0.29, 0.717) is 11.8 Å². The van der Waals surface area contributed by atoms with E-state index in [1.165, 1.54) is 5.56 Å². The molecule has 6 heteroatoms. The molecule has 5 rings (SSSR count). The molecular formula is C30H40N4O2. The number of likely N-dealkylation sites (tertiary alicyclic amines) is 3. The van der Waals surface area contributed by atoms with E-state index >= 15 is 0 Å².